The second-order valence-electron chi connectivity index (χ2n) is 7.16. The van der Waals surface area contributed by atoms with Gasteiger partial charge >= 0.3 is 5.88 Å². The van der Waals surface area contributed by atoms with Crippen LogP contribution in [0.15, 0.2) is 33.0 Å². The summed E-state index contributed by atoms with van der Waals surface area (Å²) >= 11 is 1.38. The number of hydrogen-bond acceptors (Lipinski definition) is 8. The summed E-state index contributed by atoms with van der Waals surface area (Å²) in [5.74, 6) is 0.427. The fourth-order valence-electron chi connectivity index (χ4n) is 3.53. The van der Waals surface area contributed by atoms with E-state index >= 15 is 0 Å². The second kappa shape index (κ2) is 5.70. The van der Waals surface area contributed by atoms with Crippen LogP contribution in [-0.4, -0.2) is 31.7 Å². The molecule has 1 aliphatic carbocycles. The maximum Gasteiger partial charge on any atom is 0.433 e. The van der Waals surface area contributed by atoms with Crippen LogP contribution in [0.1, 0.15) is 38.5 Å². The van der Waals surface area contributed by atoms with Crippen LogP contribution in [0, 0.1) is 15.5 Å². The van der Waals surface area contributed by atoms with Crippen molar-refractivity contribution in [2.45, 2.75) is 37.9 Å². The summed E-state index contributed by atoms with van der Waals surface area (Å²) < 4.78 is 7.00. The lowest BCUT2D eigenvalue weighted by Crippen LogP contribution is -2.36. The van der Waals surface area contributed by atoms with E-state index in [0.29, 0.717) is 35.3 Å². The number of anilines is 1. The smallest absolute Gasteiger partial charge is 0.403 e. The van der Waals surface area contributed by atoms with Crippen molar-refractivity contribution in [2.24, 2.45) is 5.41 Å². The molecule has 0 aromatic carbocycles. The Kier molecular flexibility index (Phi) is 3.69. The number of aromatic nitrogens is 3. The molecule has 0 bridgehead atoms. The Morgan fingerprint density at radius 1 is 1.42 bits per heavy atom. The molecule has 1 aliphatic heterocycles. The Balaban J connectivity index is 1.89. The number of nitro groups is 1. The van der Waals surface area contributed by atoms with Gasteiger partial charge in [-0.3, -0.25) is 14.9 Å². The van der Waals surface area contributed by atoms with Gasteiger partial charge in [0.1, 0.15) is 16.7 Å². The van der Waals surface area contributed by atoms with Gasteiger partial charge in [0, 0.05) is 17.7 Å². The first kappa shape index (κ1) is 16.8. The van der Waals surface area contributed by atoms with Crippen LogP contribution >= 0.6 is 11.8 Å². The number of nitrogens with zero attached hydrogens (tertiary/aromatic N) is 4. The molecule has 0 fully saturated rings. The molecule has 136 valence electrons. The van der Waals surface area contributed by atoms with Crippen molar-refractivity contribution in [3.8, 4) is 0 Å². The van der Waals surface area contributed by atoms with E-state index in [-0.39, 0.29) is 17.1 Å². The average Bonchev–Trinajstić information content (AvgIpc) is 3.18. The highest BCUT2D eigenvalue weighted by Crippen LogP contribution is 2.46. The van der Waals surface area contributed by atoms with Crippen LogP contribution in [-0.2, 0) is 4.79 Å². The van der Waals surface area contributed by atoms with Crippen LogP contribution < -0.4 is 5.32 Å². The predicted octanol–water partition coefficient (Wildman–Crippen LogP) is 3.16. The van der Waals surface area contributed by atoms with Gasteiger partial charge in [-0.05, 0) is 24.2 Å². The summed E-state index contributed by atoms with van der Waals surface area (Å²) in [6.45, 7) is 4.07. The highest BCUT2D eigenvalue weighted by Gasteiger charge is 2.43. The molecule has 4 rings (SSSR count). The topological polar surface area (TPSA) is 116 Å². The third-order valence-electron chi connectivity index (χ3n) is 4.56. The largest absolute Gasteiger partial charge is 0.433 e. The normalized spacial score (nSPS) is 21.2. The Labute approximate surface area is 153 Å². The Morgan fingerprint density at radius 3 is 2.85 bits per heavy atom. The number of fused-ring (bicyclic) bond motifs is 1. The molecule has 10 heteroatoms. The first-order valence-electron chi connectivity index (χ1n) is 8.07. The molecule has 1 atom stereocenters. The highest BCUT2D eigenvalue weighted by atomic mass is 32.2. The van der Waals surface area contributed by atoms with Gasteiger partial charge in [0.05, 0.1) is 6.07 Å². The quantitative estimate of drug-likeness (QED) is 0.494. The minimum atomic E-state index is -0.660. The number of hydrogen-bond donors (Lipinski definition) is 1. The Morgan fingerprint density at radius 2 is 2.19 bits per heavy atom. The summed E-state index contributed by atoms with van der Waals surface area (Å²) in [6.07, 6.45) is 2.93. The summed E-state index contributed by atoms with van der Waals surface area (Å²) in [5, 5.41) is 19.2. The standard InChI is InChI=1S/C16H17N5O4S/c1-16(2)6-8-12(9(22)7-16)13(10-4-5-11(25-10)21(23)24)20-14(17-8)18-15(19-20)26-3/h4-5,13H,6-7H2,1-3H3,(H,17,18,19). The lowest BCUT2D eigenvalue weighted by atomic mass is 9.73. The zero-order valence-electron chi connectivity index (χ0n) is 14.5. The number of ketones is 1. The van der Waals surface area contributed by atoms with E-state index in [1.807, 2.05) is 20.1 Å². The number of Topliss-reactive ketones (excluding diaryl/α,β-unsaturated/α-hetero) is 1. The predicted molar refractivity (Wildman–Crippen MR) is 94.0 cm³/mol. The average molecular weight is 375 g/mol. The van der Waals surface area contributed by atoms with Crippen molar-refractivity contribution in [1.29, 1.82) is 0 Å². The number of rotatable bonds is 3. The van der Waals surface area contributed by atoms with E-state index < -0.39 is 11.0 Å². The number of carbonyl (C=O) groups is 1. The maximum absolute atomic E-state index is 12.9. The lowest BCUT2D eigenvalue weighted by Gasteiger charge is -2.37. The number of furan rings is 1. The van der Waals surface area contributed by atoms with Gasteiger partial charge in [-0.25, -0.2) is 4.68 Å². The fourth-order valence-corrected chi connectivity index (χ4v) is 3.87. The number of carbonyl (C=O) groups excluding carboxylic acids is 1. The van der Waals surface area contributed by atoms with Gasteiger partial charge in [-0.15, -0.1) is 5.10 Å². The lowest BCUT2D eigenvalue weighted by molar-refractivity contribution is -0.402. The van der Waals surface area contributed by atoms with Crippen LogP contribution in [0.2, 0.25) is 0 Å². The Hall–Kier alpha value is -2.62. The van der Waals surface area contributed by atoms with Gasteiger partial charge in [0.25, 0.3) is 0 Å². The first-order chi connectivity index (χ1) is 12.3. The summed E-state index contributed by atoms with van der Waals surface area (Å²) in [7, 11) is 0. The van der Waals surface area contributed by atoms with Crippen molar-refractivity contribution in [1.82, 2.24) is 14.8 Å². The molecule has 0 saturated heterocycles. The van der Waals surface area contributed by atoms with Crippen LogP contribution in [0.5, 0.6) is 0 Å². The Bertz CT molecular complexity index is 958. The van der Waals surface area contributed by atoms with E-state index in [0.717, 1.165) is 5.70 Å². The summed E-state index contributed by atoms with van der Waals surface area (Å²) in [5.41, 5.74) is 1.15. The monoisotopic (exact) mass is 375 g/mol. The highest BCUT2D eigenvalue weighted by molar-refractivity contribution is 7.98. The fraction of sp³-hybridized carbons (Fsp3) is 0.438. The van der Waals surface area contributed by atoms with Gasteiger partial charge < -0.3 is 9.73 Å². The third kappa shape index (κ3) is 2.61. The molecular weight excluding hydrogens is 358 g/mol. The van der Waals surface area contributed by atoms with E-state index in [9.17, 15) is 14.9 Å². The van der Waals surface area contributed by atoms with Crippen molar-refractivity contribution in [2.75, 3.05) is 11.6 Å². The number of nitrogens with one attached hydrogen (secondary N) is 1. The van der Waals surface area contributed by atoms with E-state index in [4.69, 9.17) is 4.42 Å². The molecule has 0 amide bonds. The molecule has 3 heterocycles. The molecule has 26 heavy (non-hydrogen) atoms. The van der Waals surface area contributed by atoms with Crippen molar-refractivity contribution in [3.05, 3.63) is 39.3 Å². The summed E-state index contributed by atoms with van der Waals surface area (Å²) in [4.78, 5) is 27.8. The molecule has 1 unspecified atom stereocenters. The maximum atomic E-state index is 12.9. The molecular formula is C16H17N5O4S. The van der Waals surface area contributed by atoms with Gasteiger partial charge in [-0.2, -0.15) is 4.98 Å². The minimum Gasteiger partial charge on any atom is -0.403 e. The van der Waals surface area contributed by atoms with Gasteiger partial charge in [0.15, 0.2) is 5.78 Å². The second-order valence-corrected chi connectivity index (χ2v) is 7.93. The first-order valence-corrected chi connectivity index (χ1v) is 9.29. The van der Waals surface area contributed by atoms with Crippen molar-refractivity contribution >= 4 is 29.4 Å². The van der Waals surface area contributed by atoms with Crippen molar-refractivity contribution < 1.29 is 14.1 Å². The van der Waals surface area contributed by atoms with Gasteiger partial charge in [-0.1, -0.05) is 25.6 Å². The van der Waals surface area contributed by atoms with E-state index in [2.05, 4.69) is 15.4 Å². The van der Waals surface area contributed by atoms with Crippen molar-refractivity contribution in [3.63, 3.8) is 0 Å². The molecule has 2 aliphatic rings. The van der Waals surface area contributed by atoms with Crippen LogP contribution in [0.3, 0.4) is 0 Å². The van der Waals surface area contributed by atoms with Crippen LogP contribution in [0.4, 0.5) is 11.8 Å². The molecule has 2 aromatic heterocycles. The molecule has 0 saturated carbocycles. The summed E-state index contributed by atoms with van der Waals surface area (Å²) in [6, 6.07) is 2.16. The zero-order chi connectivity index (χ0) is 18.6. The van der Waals surface area contributed by atoms with Gasteiger partial charge in [0.2, 0.25) is 11.1 Å². The molecule has 9 nitrogen and oxygen atoms in total. The molecule has 0 radical (unpaired) electrons. The molecule has 0 spiro atoms. The molecule has 2 aromatic rings. The SMILES string of the molecule is CSc1nc2n(n1)C(c1ccc([N+](=O)[O-])o1)C1=C(CC(C)(C)CC1=O)N2. The van der Waals surface area contributed by atoms with E-state index in [1.54, 1.807) is 4.68 Å². The molecule has 1 N–H and O–H groups in total. The number of allylic oxidation sites excluding steroid dienone is 2. The minimum absolute atomic E-state index is 0.0142. The van der Waals surface area contributed by atoms with E-state index in [1.165, 1.54) is 23.9 Å². The van der Waals surface area contributed by atoms with Crippen LogP contribution in [0.25, 0.3) is 0 Å². The number of thioether (sulfide) groups is 1. The zero-order valence-corrected chi connectivity index (χ0v) is 15.3. The third-order valence-corrected chi connectivity index (χ3v) is 5.10.